The molecule has 2 heterocycles. The van der Waals surface area contributed by atoms with Crippen molar-refractivity contribution in [3.05, 3.63) is 60.0 Å². The lowest BCUT2D eigenvalue weighted by Gasteiger charge is -2.15. The Kier molecular flexibility index (Phi) is 6.21. The Labute approximate surface area is 179 Å². The number of aromatic nitrogens is 1. The Balaban J connectivity index is 1.38. The molecule has 154 valence electrons. The fourth-order valence-corrected chi connectivity index (χ4v) is 4.29. The van der Waals surface area contributed by atoms with Gasteiger partial charge in [-0.2, -0.15) is 0 Å². The number of rotatable bonds is 7. The second-order valence-electron chi connectivity index (χ2n) is 7.20. The summed E-state index contributed by atoms with van der Waals surface area (Å²) >= 11 is 1.61. The summed E-state index contributed by atoms with van der Waals surface area (Å²) in [6.07, 6.45) is 0.245. The first-order valence-corrected chi connectivity index (χ1v) is 10.7. The zero-order chi connectivity index (χ0) is 20.9. The van der Waals surface area contributed by atoms with Crippen LogP contribution in [0.25, 0.3) is 21.8 Å². The number of hydrogen-bond donors (Lipinski definition) is 1. The number of amides is 2. The van der Waals surface area contributed by atoms with Gasteiger partial charge in [0.25, 0.3) is 0 Å². The number of carbonyl (C=O) groups is 2. The third-order valence-corrected chi connectivity index (χ3v) is 6.02. The summed E-state index contributed by atoms with van der Waals surface area (Å²) in [5.74, 6) is -0.461. The molecule has 0 bridgehead atoms. The van der Waals surface area contributed by atoms with E-state index in [1.165, 1.54) is 0 Å². The second kappa shape index (κ2) is 9.19. The van der Waals surface area contributed by atoms with Crippen molar-refractivity contribution in [1.29, 1.82) is 0 Å². The number of anilines is 1. The van der Waals surface area contributed by atoms with E-state index in [1.54, 1.807) is 23.3 Å². The van der Waals surface area contributed by atoms with Crippen LogP contribution in [0.1, 0.15) is 6.42 Å². The van der Waals surface area contributed by atoms with Crippen LogP contribution in [-0.2, 0) is 14.3 Å². The first-order chi connectivity index (χ1) is 14.6. The van der Waals surface area contributed by atoms with Crippen molar-refractivity contribution >= 4 is 28.8 Å². The van der Waals surface area contributed by atoms with Gasteiger partial charge in [0, 0.05) is 48.8 Å². The highest BCUT2D eigenvalue weighted by Crippen LogP contribution is 2.29. The van der Waals surface area contributed by atoms with Crippen LogP contribution in [0.2, 0.25) is 0 Å². The van der Waals surface area contributed by atoms with Gasteiger partial charge in [0.15, 0.2) is 0 Å². The Morgan fingerprint density at radius 2 is 1.93 bits per heavy atom. The molecule has 1 fully saturated rings. The van der Waals surface area contributed by atoms with E-state index < -0.39 is 0 Å². The van der Waals surface area contributed by atoms with Gasteiger partial charge in [-0.05, 0) is 12.1 Å². The third-order valence-electron chi connectivity index (χ3n) is 5.12. The normalized spacial score (nSPS) is 16.1. The van der Waals surface area contributed by atoms with Crippen molar-refractivity contribution in [3.8, 4) is 21.8 Å². The minimum Gasteiger partial charge on any atom is -0.383 e. The molecule has 1 saturated heterocycles. The van der Waals surface area contributed by atoms with Gasteiger partial charge in [0.2, 0.25) is 11.8 Å². The van der Waals surface area contributed by atoms with Gasteiger partial charge in [0.05, 0.1) is 18.2 Å². The molecule has 1 aliphatic rings. The van der Waals surface area contributed by atoms with E-state index in [-0.39, 0.29) is 24.2 Å². The van der Waals surface area contributed by atoms with E-state index in [1.807, 2.05) is 60.0 Å². The molecular formula is C23H23N3O3S. The van der Waals surface area contributed by atoms with Crippen LogP contribution in [0.4, 0.5) is 5.69 Å². The Hall–Kier alpha value is -3.03. The highest BCUT2D eigenvalue weighted by atomic mass is 32.1. The number of thiazole rings is 1. The zero-order valence-corrected chi connectivity index (χ0v) is 17.5. The van der Waals surface area contributed by atoms with Gasteiger partial charge in [-0.1, -0.05) is 42.5 Å². The van der Waals surface area contributed by atoms with E-state index in [4.69, 9.17) is 9.72 Å². The first kappa shape index (κ1) is 20.3. The molecule has 0 spiro atoms. The van der Waals surface area contributed by atoms with Crippen molar-refractivity contribution in [2.75, 3.05) is 32.1 Å². The van der Waals surface area contributed by atoms with Crippen LogP contribution in [0.15, 0.2) is 60.0 Å². The van der Waals surface area contributed by atoms with Gasteiger partial charge < -0.3 is 15.0 Å². The molecule has 1 aromatic heterocycles. The number of ether oxygens (including phenoxy) is 1. The molecule has 0 saturated carbocycles. The summed E-state index contributed by atoms with van der Waals surface area (Å²) < 4.78 is 5.02. The molecule has 2 aromatic carbocycles. The Bertz CT molecular complexity index is 1020. The minimum absolute atomic E-state index is 0.000278. The predicted octanol–water partition coefficient (Wildman–Crippen LogP) is 3.91. The number of methoxy groups -OCH3 is 1. The maximum Gasteiger partial charge on any atom is 0.229 e. The monoisotopic (exact) mass is 421 g/mol. The number of nitrogens with one attached hydrogen (secondary N) is 1. The molecule has 4 rings (SSSR count). The van der Waals surface area contributed by atoms with Crippen molar-refractivity contribution in [3.63, 3.8) is 0 Å². The van der Waals surface area contributed by atoms with E-state index in [2.05, 4.69) is 5.32 Å². The smallest absolute Gasteiger partial charge is 0.229 e. The number of nitrogens with zero attached hydrogens (tertiary/aromatic N) is 2. The lowest BCUT2D eigenvalue weighted by molar-refractivity contribution is -0.128. The molecule has 0 aliphatic carbocycles. The van der Waals surface area contributed by atoms with Crippen molar-refractivity contribution < 1.29 is 14.3 Å². The maximum atomic E-state index is 12.6. The molecule has 30 heavy (non-hydrogen) atoms. The lowest BCUT2D eigenvalue weighted by Crippen LogP contribution is -2.30. The molecular weight excluding hydrogens is 398 g/mol. The van der Waals surface area contributed by atoms with Gasteiger partial charge in [-0.3, -0.25) is 9.59 Å². The summed E-state index contributed by atoms with van der Waals surface area (Å²) in [5.41, 5.74) is 3.72. The van der Waals surface area contributed by atoms with Crippen LogP contribution < -0.4 is 5.32 Å². The van der Waals surface area contributed by atoms with E-state index in [0.29, 0.717) is 25.4 Å². The number of benzene rings is 2. The molecule has 2 amide bonds. The molecule has 0 radical (unpaired) electrons. The lowest BCUT2D eigenvalue weighted by atomic mass is 10.1. The van der Waals surface area contributed by atoms with Crippen LogP contribution in [0.5, 0.6) is 0 Å². The van der Waals surface area contributed by atoms with E-state index in [0.717, 1.165) is 21.8 Å². The summed E-state index contributed by atoms with van der Waals surface area (Å²) in [6.45, 7) is 1.43. The average Bonchev–Trinajstić information content (AvgIpc) is 3.41. The number of hydrogen-bond acceptors (Lipinski definition) is 5. The van der Waals surface area contributed by atoms with Gasteiger partial charge in [-0.25, -0.2) is 4.98 Å². The zero-order valence-electron chi connectivity index (χ0n) is 16.7. The first-order valence-electron chi connectivity index (χ1n) is 9.83. The Morgan fingerprint density at radius 1 is 1.17 bits per heavy atom. The number of likely N-dealkylation sites (tertiary alicyclic amines) is 1. The minimum atomic E-state index is -0.332. The van der Waals surface area contributed by atoms with Crippen molar-refractivity contribution in [2.24, 2.45) is 5.92 Å². The summed E-state index contributed by atoms with van der Waals surface area (Å²) in [7, 11) is 1.60. The molecule has 1 atom stereocenters. The fourth-order valence-electron chi connectivity index (χ4n) is 3.45. The van der Waals surface area contributed by atoms with E-state index >= 15 is 0 Å². The standard InChI is InChI=1S/C23H23N3O3S/c1-29-12-11-26-14-18(13-21(26)27)22(28)24-19-9-7-16(8-10-19)20-15-30-23(25-20)17-5-3-2-4-6-17/h2-10,15,18H,11-14H2,1H3,(H,24,28). The molecule has 1 unspecified atom stereocenters. The van der Waals surface area contributed by atoms with Crippen molar-refractivity contribution in [1.82, 2.24) is 9.88 Å². The maximum absolute atomic E-state index is 12.6. The highest BCUT2D eigenvalue weighted by Gasteiger charge is 2.33. The molecule has 7 heteroatoms. The summed E-state index contributed by atoms with van der Waals surface area (Å²) in [6, 6.07) is 17.7. The largest absolute Gasteiger partial charge is 0.383 e. The fraction of sp³-hybridized carbons (Fsp3) is 0.261. The average molecular weight is 422 g/mol. The molecule has 6 nitrogen and oxygen atoms in total. The molecule has 1 N–H and O–H groups in total. The van der Waals surface area contributed by atoms with E-state index in [9.17, 15) is 9.59 Å². The molecule has 1 aliphatic heterocycles. The predicted molar refractivity (Wildman–Crippen MR) is 118 cm³/mol. The van der Waals surface area contributed by atoms with Gasteiger partial charge in [0.1, 0.15) is 5.01 Å². The van der Waals surface area contributed by atoms with Crippen LogP contribution >= 0.6 is 11.3 Å². The summed E-state index contributed by atoms with van der Waals surface area (Å²) in [5, 5.41) is 5.94. The molecule has 3 aromatic rings. The van der Waals surface area contributed by atoms with Gasteiger partial charge in [-0.15, -0.1) is 11.3 Å². The van der Waals surface area contributed by atoms with Gasteiger partial charge >= 0.3 is 0 Å². The third kappa shape index (κ3) is 4.58. The second-order valence-corrected chi connectivity index (χ2v) is 8.06. The Morgan fingerprint density at radius 3 is 2.67 bits per heavy atom. The topological polar surface area (TPSA) is 71.5 Å². The van der Waals surface area contributed by atoms with Crippen molar-refractivity contribution in [2.45, 2.75) is 6.42 Å². The van der Waals surface area contributed by atoms with Crippen LogP contribution in [0.3, 0.4) is 0 Å². The summed E-state index contributed by atoms with van der Waals surface area (Å²) in [4.78, 5) is 31.0. The number of carbonyl (C=O) groups excluding carboxylic acids is 2. The highest BCUT2D eigenvalue weighted by molar-refractivity contribution is 7.13. The SMILES string of the molecule is COCCN1CC(C(=O)Nc2ccc(-c3csc(-c4ccccc4)n3)cc2)CC1=O. The van der Waals surface area contributed by atoms with Crippen LogP contribution in [-0.4, -0.2) is 48.5 Å². The van der Waals surface area contributed by atoms with Crippen LogP contribution in [0, 0.1) is 5.92 Å². The quantitative estimate of drug-likeness (QED) is 0.628.